The Bertz CT molecular complexity index is 1130. The molecule has 3 aromatic rings. The average Bonchev–Trinajstić information content (AvgIpc) is 3.03. The molecule has 1 amide bonds. The average molecular weight is 419 g/mol. The van der Waals surface area contributed by atoms with Crippen molar-refractivity contribution in [1.82, 2.24) is 14.2 Å². The molecule has 1 aliphatic rings. The Morgan fingerprint density at radius 1 is 1.10 bits per heavy atom. The van der Waals surface area contributed by atoms with E-state index >= 15 is 0 Å². The van der Waals surface area contributed by atoms with Crippen molar-refractivity contribution in [2.75, 3.05) is 23.3 Å². The first-order chi connectivity index (χ1) is 14.3. The van der Waals surface area contributed by atoms with Crippen LogP contribution >= 0.6 is 0 Å². The van der Waals surface area contributed by atoms with Crippen molar-refractivity contribution < 1.29 is 18.0 Å². The number of carbonyl (C=O) groups is 1. The maximum Gasteiger partial charge on any atom is 0.416 e. The second-order valence-corrected chi connectivity index (χ2v) is 7.19. The van der Waals surface area contributed by atoms with E-state index in [1.54, 1.807) is 18.2 Å². The first kappa shape index (κ1) is 20.0. The van der Waals surface area contributed by atoms with E-state index in [0.717, 1.165) is 36.1 Å². The summed E-state index contributed by atoms with van der Waals surface area (Å²) in [6.07, 6.45) is -0.0650. The smallest absolute Gasteiger partial charge is 0.370 e. The van der Waals surface area contributed by atoms with E-state index in [2.05, 4.69) is 10.4 Å². The van der Waals surface area contributed by atoms with Gasteiger partial charge >= 0.3 is 11.9 Å². The molecule has 4 rings (SSSR count). The van der Waals surface area contributed by atoms with Gasteiger partial charge in [0.2, 0.25) is 5.91 Å². The summed E-state index contributed by atoms with van der Waals surface area (Å²) in [4.78, 5) is 26.9. The lowest BCUT2D eigenvalue weighted by molar-refractivity contribution is -0.137. The molecule has 1 N–H and O–H groups in total. The molecule has 0 spiro atoms. The zero-order valence-electron chi connectivity index (χ0n) is 16.0. The molecule has 0 aliphatic carbocycles. The third-order valence-corrected chi connectivity index (χ3v) is 5.08. The van der Waals surface area contributed by atoms with E-state index in [4.69, 9.17) is 0 Å². The second-order valence-electron chi connectivity index (χ2n) is 7.19. The Kier molecular flexibility index (Phi) is 5.23. The van der Waals surface area contributed by atoms with Crippen LogP contribution < -0.4 is 15.9 Å². The molecule has 158 valence electrons. The number of aromatic nitrogens is 3. The Labute approximate surface area is 169 Å². The summed E-state index contributed by atoms with van der Waals surface area (Å²) >= 11 is 0. The summed E-state index contributed by atoms with van der Waals surface area (Å²) in [5.41, 5.74) is -0.347. The lowest BCUT2D eigenvalue weighted by Crippen LogP contribution is -2.32. The van der Waals surface area contributed by atoms with Crippen molar-refractivity contribution in [3.63, 3.8) is 0 Å². The number of benzene rings is 1. The van der Waals surface area contributed by atoms with E-state index in [1.807, 2.05) is 4.90 Å². The summed E-state index contributed by atoms with van der Waals surface area (Å²) in [6.45, 7) is 1.01. The highest BCUT2D eigenvalue weighted by Crippen LogP contribution is 2.36. The number of anilines is 2. The summed E-state index contributed by atoms with van der Waals surface area (Å²) < 4.78 is 41.9. The number of carbonyl (C=O) groups excluding carboxylic acids is 1. The highest BCUT2D eigenvalue weighted by molar-refractivity contribution is 5.94. The van der Waals surface area contributed by atoms with Gasteiger partial charge in [-0.25, -0.2) is 9.48 Å². The fourth-order valence-corrected chi connectivity index (χ4v) is 3.62. The molecule has 0 unspecified atom stereocenters. The van der Waals surface area contributed by atoms with Crippen LogP contribution in [0, 0.1) is 0 Å². The van der Waals surface area contributed by atoms with Crippen LogP contribution in [0.5, 0.6) is 0 Å². The zero-order valence-corrected chi connectivity index (χ0v) is 16.0. The van der Waals surface area contributed by atoms with Crippen molar-refractivity contribution in [3.05, 3.63) is 58.6 Å². The molecule has 1 aromatic carbocycles. The molecule has 1 fully saturated rings. The second kappa shape index (κ2) is 7.85. The van der Waals surface area contributed by atoms with Crippen molar-refractivity contribution in [3.8, 4) is 0 Å². The van der Waals surface area contributed by atoms with Gasteiger partial charge in [0.15, 0.2) is 5.65 Å². The number of alkyl halides is 3. The zero-order chi connectivity index (χ0) is 21.3. The van der Waals surface area contributed by atoms with Crippen molar-refractivity contribution in [2.45, 2.75) is 32.0 Å². The van der Waals surface area contributed by atoms with Crippen LogP contribution in [0.4, 0.5) is 24.5 Å². The van der Waals surface area contributed by atoms with E-state index in [0.29, 0.717) is 24.4 Å². The number of hydrogen-bond donors (Lipinski definition) is 1. The number of fused-ring (bicyclic) bond motifs is 1. The van der Waals surface area contributed by atoms with Gasteiger partial charge in [-0.15, -0.1) is 5.10 Å². The molecule has 0 bridgehead atoms. The topological polar surface area (TPSA) is 71.6 Å². The normalized spacial score (nSPS) is 14.8. The molecule has 0 atom stereocenters. The number of halogens is 3. The molecular weight excluding hydrogens is 399 g/mol. The van der Waals surface area contributed by atoms with E-state index in [1.165, 1.54) is 16.7 Å². The predicted octanol–water partition coefficient (Wildman–Crippen LogP) is 3.14. The molecule has 3 heterocycles. The third-order valence-electron chi connectivity index (χ3n) is 5.08. The first-order valence-electron chi connectivity index (χ1n) is 9.63. The number of hydrogen-bond acceptors (Lipinski definition) is 4. The van der Waals surface area contributed by atoms with Crippen LogP contribution in [0.25, 0.3) is 5.65 Å². The summed E-state index contributed by atoms with van der Waals surface area (Å²) in [5, 5.41) is 6.63. The standard InChI is InChI=1S/C20H20F3N5O2/c21-20(22,23)14-7-8-16(26-9-3-1-4-10-26)15(12-14)24-18(29)13-28-19(30)27-11-5-2-6-17(27)25-28/h2,5-8,11-12H,1,3-4,9-10,13H2,(H,24,29). The van der Waals surface area contributed by atoms with Gasteiger partial charge in [0, 0.05) is 19.3 Å². The molecule has 1 aliphatic heterocycles. The molecule has 7 nitrogen and oxygen atoms in total. The monoisotopic (exact) mass is 419 g/mol. The van der Waals surface area contributed by atoms with Gasteiger partial charge in [-0.05, 0) is 49.6 Å². The fraction of sp³-hybridized carbons (Fsp3) is 0.350. The molecular formula is C20H20F3N5O2. The number of nitrogens with one attached hydrogen (secondary N) is 1. The van der Waals surface area contributed by atoms with Crippen LogP contribution in [0.3, 0.4) is 0 Å². The molecule has 10 heteroatoms. The van der Waals surface area contributed by atoms with Gasteiger partial charge in [0.25, 0.3) is 0 Å². The predicted molar refractivity (Wildman–Crippen MR) is 106 cm³/mol. The van der Waals surface area contributed by atoms with Gasteiger partial charge in [-0.3, -0.25) is 9.20 Å². The van der Waals surface area contributed by atoms with Gasteiger partial charge in [-0.1, -0.05) is 6.07 Å². The largest absolute Gasteiger partial charge is 0.416 e. The van der Waals surface area contributed by atoms with Gasteiger partial charge in [0.05, 0.1) is 16.9 Å². The molecule has 30 heavy (non-hydrogen) atoms. The van der Waals surface area contributed by atoms with Crippen LogP contribution in [0.15, 0.2) is 47.4 Å². The first-order valence-corrected chi connectivity index (χ1v) is 9.63. The van der Waals surface area contributed by atoms with E-state index < -0.39 is 29.9 Å². The highest BCUT2D eigenvalue weighted by Gasteiger charge is 2.32. The van der Waals surface area contributed by atoms with Crippen molar-refractivity contribution in [1.29, 1.82) is 0 Å². The van der Waals surface area contributed by atoms with Crippen LogP contribution in [0.1, 0.15) is 24.8 Å². The summed E-state index contributed by atoms with van der Waals surface area (Å²) in [6, 6.07) is 8.34. The number of piperidine rings is 1. The fourth-order valence-electron chi connectivity index (χ4n) is 3.62. The number of amides is 1. The van der Waals surface area contributed by atoms with Crippen LogP contribution in [-0.4, -0.2) is 33.2 Å². The maximum atomic E-state index is 13.2. The summed E-state index contributed by atoms with van der Waals surface area (Å²) in [7, 11) is 0. The molecule has 1 saturated heterocycles. The minimum Gasteiger partial charge on any atom is -0.370 e. The highest BCUT2D eigenvalue weighted by atomic mass is 19.4. The maximum absolute atomic E-state index is 13.2. The quantitative estimate of drug-likeness (QED) is 0.705. The Hall–Kier alpha value is -3.30. The number of nitrogens with zero attached hydrogens (tertiary/aromatic N) is 4. The van der Waals surface area contributed by atoms with E-state index in [9.17, 15) is 22.8 Å². The van der Waals surface area contributed by atoms with Crippen LogP contribution in [-0.2, 0) is 17.5 Å². The van der Waals surface area contributed by atoms with Crippen molar-refractivity contribution >= 4 is 22.9 Å². The minimum atomic E-state index is -4.53. The summed E-state index contributed by atoms with van der Waals surface area (Å²) in [5.74, 6) is -0.627. The number of pyridine rings is 1. The molecule has 0 saturated carbocycles. The molecule has 2 aromatic heterocycles. The number of rotatable bonds is 4. The minimum absolute atomic E-state index is 0.0774. The Morgan fingerprint density at radius 2 is 1.87 bits per heavy atom. The van der Waals surface area contributed by atoms with Gasteiger partial charge in [0.1, 0.15) is 6.54 Å². The van der Waals surface area contributed by atoms with Gasteiger partial charge in [-0.2, -0.15) is 13.2 Å². The van der Waals surface area contributed by atoms with Gasteiger partial charge < -0.3 is 10.2 Å². The third kappa shape index (κ3) is 4.03. The Morgan fingerprint density at radius 3 is 2.57 bits per heavy atom. The van der Waals surface area contributed by atoms with Crippen molar-refractivity contribution in [2.24, 2.45) is 0 Å². The van der Waals surface area contributed by atoms with Crippen LogP contribution in [0.2, 0.25) is 0 Å². The van der Waals surface area contributed by atoms with E-state index in [-0.39, 0.29) is 5.69 Å². The lowest BCUT2D eigenvalue weighted by atomic mass is 10.1. The lowest BCUT2D eigenvalue weighted by Gasteiger charge is -2.31. The SMILES string of the molecule is O=C(Cn1nc2ccccn2c1=O)Nc1cc(C(F)(F)F)ccc1N1CCCCC1. The Balaban J connectivity index is 1.61. The molecule has 0 radical (unpaired) electrons.